The van der Waals surface area contributed by atoms with E-state index in [-0.39, 0.29) is 12.3 Å². The number of carbonyl (C=O) groups is 1. The SMILES string of the molecule is CCc1ccc(CNC(=O)CC(O)c2cccc(F)c2)s1. The normalized spacial score (nSPS) is 12.1. The number of aliphatic hydroxyl groups excluding tert-OH is 1. The smallest absolute Gasteiger partial charge is 0.223 e. The van der Waals surface area contributed by atoms with Crippen molar-refractivity contribution in [1.82, 2.24) is 5.32 Å². The molecule has 1 heterocycles. The third-order valence-corrected chi connectivity index (χ3v) is 4.37. The van der Waals surface area contributed by atoms with Crippen LogP contribution >= 0.6 is 11.3 Å². The first-order valence-electron chi connectivity index (χ1n) is 6.86. The predicted octanol–water partition coefficient (Wildman–Crippen LogP) is 3.19. The summed E-state index contributed by atoms with van der Waals surface area (Å²) in [6, 6.07) is 9.71. The lowest BCUT2D eigenvalue weighted by molar-refractivity contribution is -0.123. The van der Waals surface area contributed by atoms with E-state index in [0.717, 1.165) is 11.3 Å². The second-order valence-corrected chi connectivity index (χ2v) is 6.03. The van der Waals surface area contributed by atoms with E-state index >= 15 is 0 Å². The molecule has 0 aliphatic rings. The molecule has 0 bridgehead atoms. The van der Waals surface area contributed by atoms with E-state index in [1.807, 2.05) is 12.1 Å². The van der Waals surface area contributed by atoms with Gasteiger partial charge in [0, 0.05) is 9.75 Å². The van der Waals surface area contributed by atoms with Gasteiger partial charge >= 0.3 is 0 Å². The first-order chi connectivity index (χ1) is 10.1. The fraction of sp³-hybridized carbons (Fsp3) is 0.312. The summed E-state index contributed by atoms with van der Waals surface area (Å²) in [6.07, 6.45) is -0.0814. The Bertz CT molecular complexity index is 612. The highest BCUT2D eigenvalue weighted by Crippen LogP contribution is 2.19. The van der Waals surface area contributed by atoms with E-state index in [1.165, 1.54) is 23.1 Å². The molecule has 3 nitrogen and oxygen atoms in total. The number of carbonyl (C=O) groups excluding carboxylic acids is 1. The Morgan fingerprint density at radius 2 is 2.10 bits per heavy atom. The van der Waals surface area contributed by atoms with Gasteiger partial charge in [-0.05, 0) is 36.2 Å². The summed E-state index contributed by atoms with van der Waals surface area (Å²) in [7, 11) is 0. The molecule has 2 aromatic rings. The molecule has 0 aliphatic heterocycles. The van der Waals surface area contributed by atoms with Crippen LogP contribution in [0.5, 0.6) is 0 Å². The Hall–Kier alpha value is -1.72. The lowest BCUT2D eigenvalue weighted by Gasteiger charge is -2.11. The van der Waals surface area contributed by atoms with Crippen molar-refractivity contribution in [2.45, 2.75) is 32.4 Å². The number of halogens is 1. The lowest BCUT2D eigenvalue weighted by atomic mass is 10.1. The van der Waals surface area contributed by atoms with Gasteiger partial charge in [0.2, 0.25) is 5.91 Å². The molecular formula is C16H18FNO2S. The number of amides is 1. The van der Waals surface area contributed by atoms with Crippen molar-refractivity contribution in [2.24, 2.45) is 0 Å². The Balaban J connectivity index is 1.84. The van der Waals surface area contributed by atoms with Crippen molar-refractivity contribution in [1.29, 1.82) is 0 Å². The predicted molar refractivity (Wildman–Crippen MR) is 81.5 cm³/mol. The first kappa shape index (κ1) is 15.7. The molecule has 0 fully saturated rings. The van der Waals surface area contributed by atoms with Crippen LogP contribution < -0.4 is 5.32 Å². The third-order valence-electron chi connectivity index (χ3n) is 3.14. The largest absolute Gasteiger partial charge is 0.388 e. The summed E-state index contributed by atoms with van der Waals surface area (Å²) in [5.74, 6) is -0.671. The van der Waals surface area contributed by atoms with Gasteiger partial charge in [0.25, 0.3) is 0 Å². The molecule has 5 heteroatoms. The summed E-state index contributed by atoms with van der Waals surface area (Å²) in [5, 5.41) is 12.7. The Morgan fingerprint density at radius 3 is 2.76 bits per heavy atom. The van der Waals surface area contributed by atoms with Crippen molar-refractivity contribution in [3.63, 3.8) is 0 Å². The number of hydrogen-bond donors (Lipinski definition) is 2. The molecule has 1 aromatic heterocycles. The van der Waals surface area contributed by atoms with E-state index in [2.05, 4.69) is 12.2 Å². The van der Waals surface area contributed by atoms with Crippen molar-refractivity contribution in [3.05, 3.63) is 57.5 Å². The van der Waals surface area contributed by atoms with Crippen LogP contribution in [-0.2, 0) is 17.8 Å². The lowest BCUT2D eigenvalue weighted by Crippen LogP contribution is -2.24. The van der Waals surface area contributed by atoms with E-state index < -0.39 is 11.9 Å². The average Bonchev–Trinajstić information content (AvgIpc) is 2.93. The fourth-order valence-electron chi connectivity index (χ4n) is 1.97. The highest BCUT2D eigenvalue weighted by Gasteiger charge is 2.13. The first-order valence-corrected chi connectivity index (χ1v) is 7.68. The quantitative estimate of drug-likeness (QED) is 0.861. The highest BCUT2D eigenvalue weighted by atomic mass is 32.1. The number of benzene rings is 1. The van der Waals surface area contributed by atoms with Gasteiger partial charge in [-0.25, -0.2) is 4.39 Å². The molecule has 2 N–H and O–H groups in total. The Labute approximate surface area is 127 Å². The van der Waals surface area contributed by atoms with Crippen LogP contribution in [0.4, 0.5) is 4.39 Å². The molecule has 1 unspecified atom stereocenters. The number of rotatable bonds is 6. The van der Waals surface area contributed by atoms with Gasteiger partial charge in [-0.15, -0.1) is 11.3 Å². The number of hydrogen-bond acceptors (Lipinski definition) is 3. The van der Waals surface area contributed by atoms with Crippen molar-refractivity contribution >= 4 is 17.2 Å². The third kappa shape index (κ3) is 4.65. The van der Waals surface area contributed by atoms with Crippen LogP contribution in [-0.4, -0.2) is 11.0 Å². The maximum atomic E-state index is 13.1. The van der Waals surface area contributed by atoms with Crippen molar-refractivity contribution < 1.29 is 14.3 Å². The zero-order valence-corrected chi connectivity index (χ0v) is 12.6. The maximum absolute atomic E-state index is 13.1. The van der Waals surface area contributed by atoms with E-state index in [4.69, 9.17) is 0 Å². The molecule has 0 saturated carbocycles. The second-order valence-electron chi connectivity index (χ2n) is 4.77. The average molecular weight is 307 g/mol. The highest BCUT2D eigenvalue weighted by molar-refractivity contribution is 7.11. The summed E-state index contributed by atoms with van der Waals surface area (Å²) in [5.41, 5.74) is 0.412. The van der Waals surface area contributed by atoms with Gasteiger partial charge < -0.3 is 10.4 Å². The van der Waals surface area contributed by atoms with Gasteiger partial charge in [0.1, 0.15) is 5.82 Å². The monoisotopic (exact) mass is 307 g/mol. The van der Waals surface area contributed by atoms with Crippen LogP contribution in [0.25, 0.3) is 0 Å². The summed E-state index contributed by atoms with van der Waals surface area (Å²) in [4.78, 5) is 14.2. The molecule has 0 spiro atoms. The molecule has 1 amide bonds. The second kappa shape index (κ2) is 7.33. The van der Waals surface area contributed by atoms with E-state index in [9.17, 15) is 14.3 Å². The molecule has 21 heavy (non-hydrogen) atoms. The molecule has 1 aromatic carbocycles. The van der Waals surface area contributed by atoms with Gasteiger partial charge in [-0.1, -0.05) is 19.1 Å². The number of nitrogens with one attached hydrogen (secondary N) is 1. The number of thiophene rings is 1. The molecular weight excluding hydrogens is 289 g/mol. The zero-order valence-electron chi connectivity index (χ0n) is 11.8. The Kier molecular flexibility index (Phi) is 5.47. The minimum Gasteiger partial charge on any atom is -0.388 e. The zero-order chi connectivity index (χ0) is 15.2. The number of aryl methyl sites for hydroxylation is 1. The molecule has 1 atom stereocenters. The summed E-state index contributed by atoms with van der Waals surface area (Å²) >= 11 is 1.67. The minimum atomic E-state index is -0.991. The van der Waals surface area contributed by atoms with E-state index in [1.54, 1.807) is 17.4 Å². The molecule has 112 valence electrons. The van der Waals surface area contributed by atoms with Crippen LogP contribution in [0, 0.1) is 5.82 Å². The van der Waals surface area contributed by atoms with Gasteiger partial charge in [0.15, 0.2) is 0 Å². The van der Waals surface area contributed by atoms with Crippen molar-refractivity contribution in [2.75, 3.05) is 0 Å². The molecule has 2 rings (SSSR count). The topological polar surface area (TPSA) is 49.3 Å². The van der Waals surface area contributed by atoms with Gasteiger partial charge in [-0.2, -0.15) is 0 Å². The summed E-state index contributed by atoms with van der Waals surface area (Å²) in [6.45, 7) is 2.54. The van der Waals surface area contributed by atoms with Crippen LogP contribution in [0.2, 0.25) is 0 Å². The standard InChI is InChI=1S/C16H18FNO2S/c1-2-13-6-7-14(21-13)10-18-16(20)9-15(19)11-4-3-5-12(17)8-11/h3-8,15,19H,2,9-10H2,1H3,(H,18,20). The minimum absolute atomic E-state index is 0.0739. The molecule has 0 saturated heterocycles. The fourth-order valence-corrected chi connectivity index (χ4v) is 2.87. The van der Waals surface area contributed by atoms with E-state index in [0.29, 0.717) is 12.1 Å². The van der Waals surface area contributed by atoms with Gasteiger partial charge in [-0.3, -0.25) is 4.79 Å². The molecule has 0 aliphatic carbocycles. The van der Waals surface area contributed by atoms with Crippen LogP contribution in [0.1, 0.15) is 34.8 Å². The van der Waals surface area contributed by atoms with Crippen LogP contribution in [0.3, 0.4) is 0 Å². The van der Waals surface area contributed by atoms with Gasteiger partial charge in [0.05, 0.1) is 19.1 Å². The summed E-state index contributed by atoms with van der Waals surface area (Å²) < 4.78 is 13.1. The molecule has 0 radical (unpaired) electrons. The van der Waals surface area contributed by atoms with Crippen molar-refractivity contribution in [3.8, 4) is 0 Å². The number of aliphatic hydroxyl groups is 1. The Morgan fingerprint density at radius 1 is 1.33 bits per heavy atom. The maximum Gasteiger partial charge on any atom is 0.223 e. The van der Waals surface area contributed by atoms with Crippen LogP contribution in [0.15, 0.2) is 36.4 Å².